The number of carbonyl (C=O) groups excluding carboxylic acids is 1. The van der Waals surface area contributed by atoms with Crippen LogP contribution in [0.1, 0.15) is 32.6 Å². The zero-order valence-corrected chi connectivity index (χ0v) is 12.4. The lowest BCUT2D eigenvalue weighted by Gasteiger charge is -2.36. The van der Waals surface area contributed by atoms with Crippen LogP contribution in [0.4, 0.5) is 0 Å². The number of nitriles is 1. The van der Waals surface area contributed by atoms with Crippen LogP contribution >= 0.6 is 0 Å². The second kappa shape index (κ2) is 7.05. The van der Waals surface area contributed by atoms with Gasteiger partial charge in [0.1, 0.15) is 0 Å². The lowest BCUT2D eigenvalue weighted by molar-refractivity contribution is -0.133. The summed E-state index contributed by atoms with van der Waals surface area (Å²) in [5.41, 5.74) is -0.349. The van der Waals surface area contributed by atoms with E-state index in [2.05, 4.69) is 11.0 Å². The van der Waals surface area contributed by atoms with Crippen LogP contribution in [0.15, 0.2) is 0 Å². The Hall–Kier alpha value is -1.12. The number of ether oxygens (including phenoxy) is 1. The molecule has 1 unspecified atom stereocenters. The molecule has 0 N–H and O–H groups in total. The number of carbonyl (C=O) groups is 1. The SMILES string of the molecule is CC1(C#N)CCCN(C(=O)CCCN2CCOCC2)C1. The highest BCUT2D eigenvalue weighted by molar-refractivity contribution is 5.76. The molecule has 0 aromatic carbocycles. The molecule has 0 aromatic rings. The van der Waals surface area contributed by atoms with Gasteiger partial charge in [0.05, 0.1) is 24.7 Å². The van der Waals surface area contributed by atoms with E-state index >= 15 is 0 Å². The van der Waals surface area contributed by atoms with Gasteiger partial charge in [0, 0.05) is 32.6 Å². The smallest absolute Gasteiger partial charge is 0.222 e. The van der Waals surface area contributed by atoms with Crippen LogP contribution in [0.25, 0.3) is 0 Å². The summed E-state index contributed by atoms with van der Waals surface area (Å²) >= 11 is 0. The molecule has 0 aromatic heterocycles. The molecule has 1 amide bonds. The zero-order valence-electron chi connectivity index (χ0n) is 12.4. The first kappa shape index (κ1) is 15.3. The molecule has 2 saturated heterocycles. The number of hydrogen-bond donors (Lipinski definition) is 0. The van der Waals surface area contributed by atoms with Gasteiger partial charge >= 0.3 is 0 Å². The highest BCUT2D eigenvalue weighted by Gasteiger charge is 2.32. The predicted molar refractivity (Wildman–Crippen MR) is 76.0 cm³/mol. The van der Waals surface area contributed by atoms with Crippen molar-refractivity contribution in [2.75, 3.05) is 45.9 Å². The highest BCUT2D eigenvalue weighted by atomic mass is 16.5. The fourth-order valence-corrected chi connectivity index (χ4v) is 2.98. The molecule has 0 bridgehead atoms. The molecule has 0 spiro atoms. The van der Waals surface area contributed by atoms with Gasteiger partial charge < -0.3 is 9.64 Å². The third-order valence-corrected chi connectivity index (χ3v) is 4.29. The van der Waals surface area contributed by atoms with Crippen LogP contribution in [-0.4, -0.2) is 61.6 Å². The Morgan fingerprint density at radius 1 is 1.35 bits per heavy atom. The topological polar surface area (TPSA) is 56.6 Å². The van der Waals surface area contributed by atoms with Crippen molar-refractivity contribution in [2.24, 2.45) is 5.41 Å². The van der Waals surface area contributed by atoms with Gasteiger partial charge in [-0.15, -0.1) is 0 Å². The fourth-order valence-electron chi connectivity index (χ4n) is 2.98. The van der Waals surface area contributed by atoms with E-state index in [4.69, 9.17) is 4.74 Å². The summed E-state index contributed by atoms with van der Waals surface area (Å²) in [5.74, 6) is 0.208. The Balaban J connectivity index is 1.70. The minimum absolute atomic E-state index is 0.208. The standard InChI is InChI=1S/C15H25N3O2/c1-15(12-16)5-3-7-18(13-15)14(19)4-2-6-17-8-10-20-11-9-17/h2-11,13H2,1H3. The number of nitrogens with zero attached hydrogens (tertiary/aromatic N) is 3. The van der Waals surface area contributed by atoms with Gasteiger partial charge in [-0.05, 0) is 32.7 Å². The van der Waals surface area contributed by atoms with Gasteiger partial charge in [-0.25, -0.2) is 0 Å². The Morgan fingerprint density at radius 3 is 2.80 bits per heavy atom. The summed E-state index contributed by atoms with van der Waals surface area (Å²) in [5, 5.41) is 9.19. The normalized spacial score (nSPS) is 28.1. The van der Waals surface area contributed by atoms with Gasteiger partial charge in [0.15, 0.2) is 0 Å². The van der Waals surface area contributed by atoms with Crippen LogP contribution in [0.2, 0.25) is 0 Å². The quantitative estimate of drug-likeness (QED) is 0.777. The van der Waals surface area contributed by atoms with Gasteiger partial charge in [-0.1, -0.05) is 0 Å². The third-order valence-electron chi connectivity index (χ3n) is 4.29. The van der Waals surface area contributed by atoms with Crippen molar-refractivity contribution in [2.45, 2.75) is 32.6 Å². The summed E-state index contributed by atoms with van der Waals surface area (Å²) < 4.78 is 5.31. The molecule has 2 rings (SSSR count). The van der Waals surface area contributed by atoms with E-state index in [1.54, 1.807) is 0 Å². The van der Waals surface area contributed by atoms with E-state index in [0.717, 1.165) is 58.7 Å². The minimum atomic E-state index is -0.349. The van der Waals surface area contributed by atoms with Gasteiger partial charge in [0.2, 0.25) is 5.91 Å². The van der Waals surface area contributed by atoms with Crippen molar-refractivity contribution in [3.8, 4) is 6.07 Å². The monoisotopic (exact) mass is 279 g/mol. The number of hydrogen-bond acceptors (Lipinski definition) is 4. The molecule has 5 heteroatoms. The Bertz CT molecular complexity index is 374. The van der Waals surface area contributed by atoms with E-state index in [-0.39, 0.29) is 11.3 Å². The molecule has 2 aliphatic heterocycles. The van der Waals surface area contributed by atoms with E-state index in [1.165, 1.54) is 0 Å². The molecule has 20 heavy (non-hydrogen) atoms. The largest absolute Gasteiger partial charge is 0.379 e. The minimum Gasteiger partial charge on any atom is -0.379 e. The predicted octanol–water partition coefficient (Wildman–Crippen LogP) is 1.25. The number of morpholine rings is 1. The van der Waals surface area contributed by atoms with E-state index < -0.39 is 0 Å². The third kappa shape index (κ3) is 4.19. The lowest BCUT2D eigenvalue weighted by Crippen LogP contribution is -2.44. The van der Waals surface area contributed by atoms with Crippen LogP contribution in [-0.2, 0) is 9.53 Å². The zero-order chi connectivity index (χ0) is 14.4. The molecule has 112 valence electrons. The lowest BCUT2D eigenvalue weighted by atomic mass is 9.83. The van der Waals surface area contributed by atoms with Crippen LogP contribution in [0.5, 0.6) is 0 Å². The summed E-state index contributed by atoms with van der Waals surface area (Å²) in [6.07, 6.45) is 3.35. The molecule has 5 nitrogen and oxygen atoms in total. The number of amides is 1. The fraction of sp³-hybridized carbons (Fsp3) is 0.867. The Kier molecular flexibility index (Phi) is 5.38. The first-order valence-electron chi connectivity index (χ1n) is 7.62. The maximum Gasteiger partial charge on any atom is 0.222 e. The second-order valence-corrected chi connectivity index (χ2v) is 6.15. The molecule has 2 fully saturated rings. The Labute approximate surface area is 121 Å². The van der Waals surface area contributed by atoms with Crippen molar-refractivity contribution in [3.05, 3.63) is 0 Å². The Morgan fingerprint density at radius 2 is 2.10 bits per heavy atom. The summed E-state index contributed by atoms with van der Waals surface area (Å²) in [6, 6.07) is 2.36. The van der Waals surface area contributed by atoms with Crippen molar-refractivity contribution in [1.29, 1.82) is 5.26 Å². The van der Waals surface area contributed by atoms with E-state index in [9.17, 15) is 10.1 Å². The number of likely N-dealkylation sites (tertiary alicyclic amines) is 1. The van der Waals surface area contributed by atoms with Crippen LogP contribution in [0, 0.1) is 16.7 Å². The molecule has 0 radical (unpaired) electrons. The summed E-state index contributed by atoms with van der Waals surface area (Å²) in [7, 11) is 0. The van der Waals surface area contributed by atoms with Crippen LogP contribution in [0.3, 0.4) is 0 Å². The van der Waals surface area contributed by atoms with Crippen LogP contribution < -0.4 is 0 Å². The molecule has 2 aliphatic rings. The first-order valence-corrected chi connectivity index (χ1v) is 7.62. The number of piperidine rings is 1. The average molecular weight is 279 g/mol. The maximum atomic E-state index is 12.2. The van der Waals surface area contributed by atoms with Crippen molar-refractivity contribution in [3.63, 3.8) is 0 Å². The molecular formula is C15H25N3O2. The van der Waals surface area contributed by atoms with E-state index in [0.29, 0.717) is 13.0 Å². The van der Waals surface area contributed by atoms with E-state index in [1.807, 2.05) is 11.8 Å². The average Bonchev–Trinajstić information content (AvgIpc) is 2.48. The van der Waals surface area contributed by atoms with Crippen molar-refractivity contribution >= 4 is 5.91 Å². The molecule has 2 heterocycles. The first-order chi connectivity index (χ1) is 9.63. The number of rotatable bonds is 4. The van der Waals surface area contributed by atoms with Gasteiger partial charge in [0.25, 0.3) is 0 Å². The van der Waals surface area contributed by atoms with Gasteiger partial charge in [-0.3, -0.25) is 9.69 Å². The molecule has 0 aliphatic carbocycles. The molecule has 0 saturated carbocycles. The maximum absolute atomic E-state index is 12.2. The molecular weight excluding hydrogens is 254 g/mol. The molecule has 1 atom stereocenters. The van der Waals surface area contributed by atoms with Gasteiger partial charge in [-0.2, -0.15) is 5.26 Å². The van der Waals surface area contributed by atoms with Crippen molar-refractivity contribution < 1.29 is 9.53 Å². The highest BCUT2D eigenvalue weighted by Crippen LogP contribution is 2.28. The second-order valence-electron chi connectivity index (χ2n) is 6.15. The van der Waals surface area contributed by atoms with Crippen molar-refractivity contribution in [1.82, 2.24) is 9.80 Å². The summed E-state index contributed by atoms with van der Waals surface area (Å²) in [4.78, 5) is 16.5. The summed E-state index contributed by atoms with van der Waals surface area (Å²) in [6.45, 7) is 7.90.